The Morgan fingerprint density at radius 1 is 1.53 bits per heavy atom. The summed E-state index contributed by atoms with van der Waals surface area (Å²) in [5.41, 5.74) is 6.48. The maximum Gasteiger partial charge on any atom is 0.230 e. The summed E-state index contributed by atoms with van der Waals surface area (Å²) in [5, 5.41) is 2.83. The van der Waals surface area contributed by atoms with Gasteiger partial charge in [0.05, 0.1) is 12.9 Å². The molecule has 0 aliphatic heterocycles. The summed E-state index contributed by atoms with van der Waals surface area (Å²) in [6.45, 7) is 3.87. The molecule has 4 nitrogen and oxygen atoms in total. The number of hydrogen-bond acceptors (Lipinski definition) is 4. The molecule has 1 aromatic rings. The molecule has 94 valence electrons. The van der Waals surface area contributed by atoms with Crippen molar-refractivity contribution in [2.24, 2.45) is 0 Å². The number of nitrogens with two attached hydrogens (primary N) is 1. The highest BCUT2D eigenvalue weighted by Crippen LogP contribution is 2.28. The van der Waals surface area contributed by atoms with Gasteiger partial charge in [-0.3, -0.25) is 4.79 Å². The number of methoxy groups -OCH3 is 1. The van der Waals surface area contributed by atoms with Gasteiger partial charge in [0.2, 0.25) is 5.91 Å². The van der Waals surface area contributed by atoms with Gasteiger partial charge in [-0.05, 0) is 26.0 Å². The number of benzene rings is 1. The van der Waals surface area contributed by atoms with E-state index in [-0.39, 0.29) is 11.9 Å². The highest BCUT2D eigenvalue weighted by Gasteiger charge is 2.07. The Bertz CT molecular complexity index is 394. The van der Waals surface area contributed by atoms with Crippen molar-refractivity contribution in [2.75, 3.05) is 18.6 Å². The lowest BCUT2D eigenvalue weighted by Gasteiger charge is -2.09. The van der Waals surface area contributed by atoms with Crippen LogP contribution in [0.25, 0.3) is 0 Å². The fourth-order valence-corrected chi connectivity index (χ4v) is 2.05. The normalized spacial score (nSPS) is 10.4. The predicted molar refractivity (Wildman–Crippen MR) is 71.4 cm³/mol. The van der Waals surface area contributed by atoms with E-state index in [1.165, 1.54) is 11.8 Å². The van der Waals surface area contributed by atoms with Gasteiger partial charge in [0.1, 0.15) is 5.75 Å². The van der Waals surface area contributed by atoms with E-state index in [2.05, 4.69) is 5.32 Å². The molecule has 0 aromatic heterocycles. The molecule has 0 bridgehead atoms. The molecule has 0 saturated heterocycles. The Balaban J connectivity index is 2.55. The highest BCUT2D eigenvalue weighted by molar-refractivity contribution is 8.00. The largest absolute Gasteiger partial charge is 0.497 e. The second-order valence-corrected chi connectivity index (χ2v) is 4.93. The first-order chi connectivity index (χ1) is 8.02. The lowest BCUT2D eigenvalue weighted by atomic mass is 10.3. The molecule has 0 aliphatic rings. The second-order valence-electron chi connectivity index (χ2n) is 3.91. The molecule has 1 rings (SSSR count). The van der Waals surface area contributed by atoms with E-state index in [1.54, 1.807) is 13.2 Å². The Morgan fingerprint density at radius 3 is 2.76 bits per heavy atom. The van der Waals surface area contributed by atoms with Gasteiger partial charge >= 0.3 is 0 Å². The minimum Gasteiger partial charge on any atom is -0.497 e. The molecule has 0 heterocycles. The Hall–Kier alpha value is -1.36. The van der Waals surface area contributed by atoms with E-state index < -0.39 is 0 Å². The number of carbonyl (C=O) groups excluding carboxylic acids is 1. The number of nitrogen functional groups attached to an aromatic ring is 1. The van der Waals surface area contributed by atoms with Crippen LogP contribution in [0.4, 0.5) is 5.69 Å². The van der Waals surface area contributed by atoms with E-state index in [0.29, 0.717) is 11.4 Å². The number of anilines is 1. The third-order valence-corrected chi connectivity index (χ3v) is 3.11. The molecule has 1 amide bonds. The topological polar surface area (TPSA) is 64.3 Å². The van der Waals surface area contributed by atoms with Gasteiger partial charge < -0.3 is 15.8 Å². The summed E-state index contributed by atoms with van der Waals surface area (Å²) < 4.78 is 5.06. The van der Waals surface area contributed by atoms with Crippen molar-refractivity contribution in [3.05, 3.63) is 18.2 Å². The van der Waals surface area contributed by atoms with Crippen molar-refractivity contribution in [1.82, 2.24) is 5.32 Å². The summed E-state index contributed by atoms with van der Waals surface area (Å²) in [5.74, 6) is 1.10. The van der Waals surface area contributed by atoms with Gasteiger partial charge in [-0.2, -0.15) is 0 Å². The van der Waals surface area contributed by atoms with Crippen LogP contribution < -0.4 is 15.8 Å². The second kappa shape index (κ2) is 6.39. The van der Waals surface area contributed by atoms with E-state index in [0.717, 1.165) is 10.6 Å². The summed E-state index contributed by atoms with van der Waals surface area (Å²) in [6.07, 6.45) is 0. The van der Waals surface area contributed by atoms with Gasteiger partial charge in [-0.15, -0.1) is 11.8 Å². The van der Waals surface area contributed by atoms with Crippen molar-refractivity contribution < 1.29 is 9.53 Å². The fraction of sp³-hybridized carbons (Fsp3) is 0.417. The van der Waals surface area contributed by atoms with Gasteiger partial charge in [0.25, 0.3) is 0 Å². The number of ether oxygens (including phenoxy) is 1. The molecule has 0 unspecified atom stereocenters. The molecule has 0 saturated carbocycles. The molecule has 0 aliphatic carbocycles. The molecule has 1 aromatic carbocycles. The maximum atomic E-state index is 11.5. The van der Waals surface area contributed by atoms with Gasteiger partial charge in [-0.1, -0.05) is 0 Å². The first kappa shape index (κ1) is 13.7. The number of hydrogen-bond donors (Lipinski definition) is 2. The standard InChI is InChI=1S/C12H18N2O2S/c1-8(2)14-12(15)7-17-11-5-4-9(16-3)6-10(11)13/h4-6,8H,7,13H2,1-3H3,(H,14,15). The number of amides is 1. The fourth-order valence-electron chi connectivity index (χ4n) is 1.29. The van der Waals surface area contributed by atoms with Gasteiger partial charge in [-0.25, -0.2) is 0 Å². The molecular weight excluding hydrogens is 236 g/mol. The number of carbonyl (C=O) groups is 1. The van der Waals surface area contributed by atoms with Crippen molar-refractivity contribution in [2.45, 2.75) is 24.8 Å². The van der Waals surface area contributed by atoms with Crippen LogP contribution in [0.3, 0.4) is 0 Å². The smallest absolute Gasteiger partial charge is 0.230 e. The first-order valence-corrected chi connectivity index (χ1v) is 6.37. The molecule has 5 heteroatoms. The zero-order valence-electron chi connectivity index (χ0n) is 10.3. The molecular formula is C12H18N2O2S. The average molecular weight is 254 g/mol. The Labute approximate surface area is 106 Å². The van der Waals surface area contributed by atoms with E-state index in [4.69, 9.17) is 10.5 Å². The van der Waals surface area contributed by atoms with Crippen LogP contribution in [0.15, 0.2) is 23.1 Å². The summed E-state index contributed by atoms with van der Waals surface area (Å²) in [6, 6.07) is 5.61. The quantitative estimate of drug-likeness (QED) is 0.622. The Morgan fingerprint density at radius 2 is 2.24 bits per heavy atom. The molecule has 0 radical (unpaired) electrons. The van der Waals surface area contributed by atoms with Gasteiger partial charge in [0, 0.05) is 22.7 Å². The lowest BCUT2D eigenvalue weighted by Crippen LogP contribution is -2.31. The molecule has 3 N–H and O–H groups in total. The average Bonchev–Trinajstić information content (AvgIpc) is 2.26. The monoisotopic (exact) mass is 254 g/mol. The highest BCUT2D eigenvalue weighted by atomic mass is 32.2. The van der Waals surface area contributed by atoms with Crippen LogP contribution in [-0.2, 0) is 4.79 Å². The molecule has 0 atom stereocenters. The van der Waals surface area contributed by atoms with Crippen LogP contribution in [0.1, 0.15) is 13.8 Å². The minimum absolute atomic E-state index is 0.0141. The zero-order chi connectivity index (χ0) is 12.8. The molecule has 0 spiro atoms. The van der Waals surface area contributed by atoms with Crippen molar-refractivity contribution in [3.8, 4) is 5.75 Å². The molecule has 0 fully saturated rings. The van der Waals surface area contributed by atoms with Crippen LogP contribution in [-0.4, -0.2) is 24.8 Å². The third kappa shape index (κ3) is 4.56. The van der Waals surface area contributed by atoms with Crippen LogP contribution >= 0.6 is 11.8 Å². The lowest BCUT2D eigenvalue weighted by molar-refractivity contribution is -0.119. The number of thioether (sulfide) groups is 1. The van der Waals surface area contributed by atoms with Crippen LogP contribution in [0.2, 0.25) is 0 Å². The van der Waals surface area contributed by atoms with Crippen molar-refractivity contribution >= 4 is 23.4 Å². The van der Waals surface area contributed by atoms with Crippen molar-refractivity contribution in [1.29, 1.82) is 0 Å². The van der Waals surface area contributed by atoms with Gasteiger partial charge in [0.15, 0.2) is 0 Å². The molecule has 17 heavy (non-hydrogen) atoms. The van der Waals surface area contributed by atoms with Crippen LogP contribution in [0.5, 0.6) is 5.75 Å². The summed E-state index contributed by atoms with van der Waals surface area (Å²) >= 11 is 1.42. The van der Waals surface area contributed by atoms with E-state index >= 15 is 0 Å². The minimum atomic E-state index is 0.0141. The number of rotatable bonds is 5. The Kier molecular flexibility index (Phi) is 5.15. The van der Waals surface area contributed by atoms with Crippen LogP contribution in [0, 0.1) is 0 Å². The summed E-state index contributed by atoms with van der Waals surface area (Å²) in [7, 11) is 1.59. The number of nitrogens with one attached hydrogen (secondary N) is 1. The SMILES string of the molecule is COc1ccc(SCC(=O)NC(C)C)c(N)c1. The van der Waals surface area contributed by atoms with E-state index in [1.807, 2.05) is 26.0 Å². The third-order valence-electron chi connectivity index (χ3n) is 2.03. The summed E-state index contributed by atoms with van der Waals surface area (Å²) in [4.78, 5) is 12.4. The van der Waals surface area contributed by atoms with Crippen molar-refractivity contribution in [3.63, 3.8) is 0 Å². The van der Waals surface area contributed by atoms with E-state index in [9.17, 15) is 4.79 Å². The maximum absolute atomic E-state index is 11.5. The zero-order valence-corrected chi connectivity index (χ0v) is 11.1. The predicted octanol–water partition coefficient (Wildman–Crippen LogP) is 1.89. The first-order valence-electron chi connectivity index (χ1n) is 5.38.